The summed E-state index contributed by atoms with van der Waals surface area (Å²) in [4.78, 5) is 11.9. The predicted molar refractivity (Wildman–Crippen MR) is 82.7 cm³/mol. The fraction of sp³-hybridized carbons (Fsp3) is 0.562. The van der Waals surface area contributed by atoms with Crippen LogP contribution in [0.3, 0.4) is 0 Å². The number of fused-ring (bicyclic) bond motifs is 1. The first-order valence-electron chi connectivity index (χ1n) is 7.65. The van der Waals surface area contributed by atoms with Crippen molar-refractivity contribution in [3.63, 3.8) is 0 Å². The number of ether oxygens (including phenoxy) is 2. The van der Waals surface area contributed by atoms with Crippen molar-refractivity contribution in [2.45, 2.75) is 32.7 Å². The van der Waals surface area contributed by atoms with Crippen molar-refractivity contribution >= 4 is 11.6 Å². The molecule has 0 aliphatic carbocycles. The Balaban J connectivity index is 1.85. The molecule has 2 N–H and O–H groups in total. The maximum Gasteiger partial charge on any atom is 0.246 e. The summed E-state index contributed by atoms with van der Waals surface area (Å²) in [6.07, 6.45) is 2.22. The first-order chi connectivity index (χ1) is 10.3. The van der Waals surface area contributed by atoms with Crippen LogP contribution in [0.15, 0.2) is 18.2 Å². The molecule has 0 saturated heterocycles. The molecular weight excluding hydrogens is 268 g/mol. The van der Waals surface area contributed by atoms with Gasteiger partial charge in [-0.1, -0.05) is 26.3 Å². The van der Waals surface area contributed by atoms with Gasteiger partial charge in [0.05, 0.1) is 6.61 Å². The summed E-state index contributed by atoms with van der Waals surface area (Å²) in [5, 5.41) is 6.05. The van der Waals surface area contributed by atoms with Crippen LogP contribution >= 0.6 is 0 Å². The van der Waals surface area contributed by atoms with Crippen molar-refractivity contribution in [1.82, 2.24) is 5.32 Å². The van der Waals surface area contributed by atoms with Crippen LogP contribution in [0.5, 0.6) is 5.75 Å². The molecule has 1 aliphatic heterocycles. The number of hydrogen-bond acceptors (Lipinski definition) is 4. The lowest BCUT2D eigenvalue weighted by Crippen LogP contribution is -2.27. The lowest BCUT2D eigenvalue weighted by atomic mass is 10.1. The highest BCUT2D eigenvalue weighted by Crippen LogP contribution is 2.33. The maximum absolute atomic E-state index is 11.9. The molecule has 0 saturated carbocycles. The summed E-state index contributed by atoms with van der Waals surface area (Å²) in [6, 6.07) is 5.45. The molecule has 1 amide bonds. The SMILES string of the molecule is CCCCOCCOc1ccc2c(c1)NC(=O)C2NCC. The second-order valence-electron chi connectivity index (χ2n) is 5.04. The number of unbranched alkanes of at least 4 members (excludes halogenated alkanes) is 1. The van der Waals surface area contributed by atoms with Crippen LogP contribution in [0.25, 0.3) is 0 Å². The third-order valence-electron chi connectivity index (χ3n) is 3.40. The van der Waals surface area contributed by atoms with Crippen molar-refractivity contribution in [1.29, 1.82) is 0 Å². The van der Waals surface area contributed by atoms with Crippen LogP contribution in [0.1, 0.15) is 38.3 Å². The second kappa shape index (κ2) is 8.00. The third-order valence-corrected chi connectivity index (χ3v) is 3.40. The zero-order valence-corrected chi connectivity index (χ0v) is 12.8. The minimum absolute atomic E-state index is 0.00750. The highest BCUT2D eigenvalue weighted by molar-refractivity contribution is 6.02. The van der Waals surface area contributed by atoms with E-state index in [2.05, 4.69) is 17.6 Å². The van der Waals surface area contributed by atoms with E-state index in [0.717, 1.165) is 43.0 Å². The summed E-state index contributed by atoms with van der Waals surface area (Å²) in [7, 11) is 0. The van der Waals surface area contributed by atoms with Gasteiger partial charge in [-0.3, -0.25) is 4.79 Å². The Bertz CT molecular complexity index is 477. The molecule has 1 aromatic rings. The highest BCUT2D eigenvalue weighted by atomic mass is 16.5. The molecule has 1 aromatic carbocycles. The Hall–Kier alpha value is -1.59. The number of rotatable bonds is 9. The second-order valence-corrected chi connectivity index (χ2v) is 5.04. The quantitative estimate of drug-likeness (QED) is 0.687. The van der Waals surface area contributed by atoms with E-state index >= 15 is 0 Å². The van der Waals surface area contributed by atoms with Crippen LogP contribution in [0, 0.1) is 0 Å². The number of anilines is 1. The van der Waals surface area contributed by atoms with Crippen molar-refractivity contribution in [3.05, 3.63) is 23.8 Å². The topological polar surface area (TPSA) is 59.6 Å². The number of benzene rings is 1. The summed E-state index contributed by atoms with van der Waals surface area (Å²) >= 11 is 0. The summed E-state index contributed by atoms with van der Waals surface area (Å²) in [6.45, 7) is 6.77. The fourth-order valence-corrected chi connectivity index (χ4v) is 2.30. The maximum atomic E-state index is 11.9. The van der Waals surface area contributed by atoms with Crippen molar-refractivity contribution in [2.24, 2.45) is 0 Å². The Morgan fingerprint density at radius 1 is 1.24 bits per heavy atom. The summed E-state index contributed by atoms with van der Waals surface area (Å²) < 4.78 is 11.1. The lowest BCUT2D eigenvalue weighted by molar-refractivity contribution is -0.117. The van der Waals surface area contributed by atoms with Gasteiger partial charge in [0.1, 0.15) is 18.4 Å². The summed E-state index contributed by atoms with van der Waals surface area (Å²) in [5.41, 5.74) is 1.81. The van der Waals surface area contributed by atoms with E-state index in [1.165, 1.54) is 0 Å². The molecule has 1 heterocycles. The normalized spacial score (nSPS) is 16.7. The standard InChI is InChI=1S/C16H24N2O3/c1-3-5-8-20-9-10-21-12-6-7-13-14(11-12)18-16(19)15(13)17-4-2/h6-7,11,15,17H,3-5,8-10H2,1-2H3,(H,18,19). The Morgan fingerprint density at radius 2 is 2.10 bits per heavy atom. The molecule has 116 valence electrons. The summed E-state index contributed by atoms with van der Waals surface area (Å²) in [5.74, 6) is 0.747. The Labute approximate surface area is 126 Å². The van der Waals surface area contributed by atoms with Gasteiger partial charge < -0.3 is 20.1 Å². The van der Waals surface area contributed by atoms with Gasteiger partial charge >= 0.3 is 0 Å². The largest absolute Gasteiger partial charge is 0.491 e. The minimum atomic E-state index is -0.253. The molecule has 0 spiro atoms. The van der Waals surface area contributed by atoms with E-state index in [1.807, 2.05) is 25.1 Å². The predicted octanol–water partition coefficient (Wildman–Crippen LogP) is 2.48. The molecule has 0 aromatic heterocycles. The van der Waals surface area contributed by atoms with Gasteiger partial charge in [-0.25, -0.2) is 0 Å². The van der Waals surface area contributed by atoms with E-state index in [4.69, 9.17) is 9.47 Å². The van der Waals surface area contributed by atoms with Crippen molar-refractivity contribution in [3.8, 4) is 5.75 Å². The number of amides is 1. The van der Waals surface area contributed by atoms with Crippen LogP contribution in [0.4, 0.5) is 5.69 Å². The molecule has 0 fully saturated rings. The first-order valence-corrected chi connectivity index (χ1v) is 7.65. The van der Waals surface area contributed by atoms with E-state index in [0.29, 0.717) is 13.2 Å². The molecule has 1 aliphatic rings. The number of carbonyl (C=O) groups excluding carboxylic acids is 1. The molecule has 2 rings (SSSR count). The van der Waals surface area contributed by atoms with E-state index < -0.39 is 0 Å². The van der Waals surface area contributed by atoms with E-state index in [9.17, 15) is 4.79 Å². The number of likely N-dealkylation sites (N-methyl/N-ethyl adjacent to an activating group) is 1. The van der Waals surface area contributed by atoms with Gasteiger partial charge in [-0.2, -0.15) is 0 Å². The monoisotopic (exact) mass is 292 g/mol. The molecule has 0 bridgehead atoms. The van der Waals surface area contributed by atoms with E-state index in [1.54, 1.807) is 0 Å². The molecular formula is C16H24N2O3. The van der Waals surface area contributed by atoms with Gasteiger partial charge in [0.2, 0.25) is 5.91 Å². The molecule has 1 unspecified atom stereocenters. The molecule has 5 nitrogen and oxygen atoms in total. The van der Waals surface area contributed by atoms with Gasteiger partial charge in [-0.05, 0) is 19.0 Å². The third kappa shape index (κ3) is 4.19. The van der Waals surface area contributed by atoms with Crippen LogP contribution in [0.2, 0.25) is 0 Å². The number of hydrogen-bond donors (Lipinski definition) is 2. The Kier molecular flexibility index (Phi) is 6.02. The molecule has 1 atom stereocenters. The average molecular weight is 292 g/mol. The first kappa shape index (κ1) is 15.8. The molecule has 21 heavy (non-hydrogen) atoms. The zero-order valence-electron chi connectivity index (χ0n) is 12.8. The van der Waals surface area contributed by atoms with Crippen molar-refractivity contribution in [2.75, 3.05) is 31.7 Å². The van der Waals surface area contributed by atoms with Crippen LogP contribution in [-0.2, 0) is 9.53 Å². The number of nitrogens with one attached hydrogen (secondary N) is 2. The smallest absolute Gasteiger partial charge is 0.246 e. The lowest BCUT2D eigenvalue weighted by Gasteiger charge is -2.10. The van der Waals surface area contributed by atoms with Crippen molar-refractivity contribution < 1.29 is 14.3 Å². The zero-order chi connectivity index (χ0) is 15.1. The van der Waals surface area contributed by atoms with Gasteiger partial charge in [0.15, 0.2) is 0 Å². The Morgan fingerprint density at radius 3 is 2.86 bits per heavy atom. The molecule has 5 heteroatoms. The van der Waals surface area contributed by atoms with Gasteiger partial charge in [0.25, 0.3) is 0 Å². The minimum Gasteiger partial charge on any atom is -0.491 e. The van der Waals surface area contributed by atoms with Crippen LogP contribution < -0.4 is 15.4 Å². The molecule has 0 radical (unpaired) electrons. The number of carbonyl (C=O) groups is 1. The van der Waals surface area contributed by atoms with Gasteiger partial charge in [0, 0.05) is 23.9 Å². The van der Waals surface area contributed by atoms with Crippen LogP contribution in [-0.4, -0.2) is 32.3 Å². The van der Waals surface area contributed by atoms with Gasteiger partial charge in [-0.15, -0.1) is 0 Å². The average Bonchev–Trinajstić information content (AvgIpc) is 2.79. The highest BCUT2D eigenvalue weighted by Gasteiger charge is 2.29. The fourth-order valence-electron chi connectivity index (χ4n) is 2.30. The van der Waals surface area contributed by atoms with E-state index in [-0.39, 0.29) is 11.9 Å².